The van der Waals surface area contributed by atoms with E-state index >= 15 is 0 Å². The number of carbonyl (C=O) groups is 2. The van der Waals surface area contributed by atoms with Gasteiger partial charge in [-0.15, -0.1) is 11.3 Å². The summed E-state index contributed by atoms with van der Waals surface area (Å²) in [6, 6.07) is 8.67. The molecule has 0 spiro atoms. The standard InChI is InChI=1S/C22H28N4O5S2/c1-4-26(5-2)33(29,30)17-8-9-19-18(13-17)24-20(25(19)3)10-11-22(28)31-15-21(27)23-14-16-7-6-12-32-16/h6-9,12-13H,4-5,10-11,14-15H2,1-3H3,(H,23,27). The van der Waals surface area contributed by atoms with Gasteiger partial charge in [0.15, 0.2) is 6.61 Å². The van der Waals surface area contributed by atoms with Gasteiger partial charge in [0.1, 0.15) is 5.82 Å². The number of rotatable bonds is 11. The number of thiophene rings is 1. The SMILES string of the molecule is CCN(CC)S(=O)(=O)c1ccc2c(c1)nc(CCC(=O)OCC(=O)NCc1cccs1)n2C. The van der Waals surface area contributed by atoms with Crippen LogP contribution < -0.4 is 5.32 Å². The predicted molar refractivity (Wildman–Crippen MR) is 126 cm³/mol. The van der Waals surface area contributed by atoms with Crippen LogP contribution in [0.5, 0.6) is 0 Å². The van der Waals surface area contributed by atoms with E-state index in [1.165, 1.54) is 15.6 Å². The van der Waals surface area contributed by atoms with Gasteiger partial charge in [0.25, 0.3) is 5.91 Å². The number of aromatic nitrogens is 2. The highest BCUT2D eigenvalue weighted by molar-refractivity contribution is 7.89. The van der Waals surface area contributed by atoms with E-state index < -0.39 is 16.0 Å². The molecule has 0 radical (unpaired) electrons. The van der Waals surface area contributed by atoms with Gasteiger partial charge in [-0.25, -0.2) is 13.4 Å². The van der Waals surface area contributed by atoms with Gasteiger partial charge in [-0.3, -0.25) is 9.59 Å². The van der Waals surface area contributed by atoms with Crippen LogP contribution in [-0.2, 0) is 44.4 Å². The lowest BCUT2D eigenvalue weighted by Crippen LogP contribution is -2.30. The summed E-state index contributed by atoms with van der Waals surface area (Å²) in [5.41, 5.74) is 1.31. The molecule has 1 aromatic carbocycles. The van der Waals surface area contributed by atoms with Crippen LogP contribution in [0.15, 0.2) is 40.6 Å². The van der Waals surface area contributed by atoms with Crippen molar-refractivity contribution in [2.24, 2.45) is 7.05 Å². The number of imidazole rings is 1. The Kier molecular flexibility index (Phi) is 8.22. The van der Waals surface area contributed by atoms with E-state index in [1.807, 2.05) is 29.1 Å². The highest BCUT2D eigenvalue weighted by Crippen LogP contribution is 2.22. The van der Waals surface area contributed by atoms with Crippen LogP contribution in [0.2, 0.25) is 0 Å². The third-order valence-corrected chi connectivity index (χ3v) is 8.17. The minimum atomic E-state index is -3.58. The number of hydrogen-bond donors (Lipinski definition) is 1. The Morgan fingerprint density at radius 2 is 1.97 bits per heavy atom. The molecule has 0 unspecified atom stereocenters. The van der Waals surface area contributed by atoms with Crippen molar-refractivity contribution in [2.75, 3.05) is 19.7 Å². The molecule has 3 rings (SSSR count). The van der Waals surface area contributed by atoms with Crippen molar-refractivity contribution in [2.45, 2.75) is 38.1 Å². The molecule has 0 aliphatic carbocycles. The molecule has 0 fully saturated rings. The largest absolute Gasteiger partial charge is 0.456 e. The van der Waals surface area contributed by atoms with E-state index in [1.54, 1.807) is 32.0 Å². The summed E-state index contributed by atoms with van der Waals surface area (Å²) in [6.07, 6.45) is 0.360. The predicted octanol–water partition coefficient (Wildman–Crippen LogP) is 2.46. The second kappa shape index (κ2) is 10.9. The molecule has 0 bridgehead atoms. The number of esters is 1. The smallest absolute Gasteiger partial charge is 0.306 e. The second-order valence-corrected chi connectivity index (χ2v) is 10.3. The van der Waals surface area contributed by atoms with Crippen molar-refractivity contribution < 1.29 is 22.7 Å². The Hall–Kier alpha value is -2.76. The Bertz CT molecular complexity index is 1220. The molecule has 9 nitrogen and oxygen atoms in total. The number of ether oxygens (including phenoxy) is 1. The van der Waals surface area contributed by atoms with Gasteiger partial charge >= 0.3 is 5.97 Å². The molecule has 0 aliphatic heterocycles. The Labute approximate surface area is 197 Å². The van der Waals surface area contributed by atoms with Crippen molar-refractivity contribution in [1.82, 2.24) is 19.2 Å². The fraction of sp³-hybridized carbons (Fsp3) is 0.409. The van der Waals surface area contributed by atoms with Gasteiger partial charge in [-0.1, -0.05) is 19.9 Å². The molecule has 178 valence electrons. The molecule has 33 heavy (non-hydrogen) atoms. The number of sulfonamides is 1. The number of nitrogens with one attached hydrogen (secondary N) is 1. The average Bonchev–Trinajstić information content (AvgIpc) is 3.43. The minimum absolute atomic E-state index is 0.0555. The third-order valence-electron chi connectivity index (χ3n) is 5.24. The van der Waals surface area contributed by atoms with Crippen LogP contribution in [0.1, 0.15) is 31.0 Å². The first kappa shape index (κ1) is 24.9. The summed E-state index contributed by atoms with van der Waals surface area (Å²) >= 11 is 1.54. The molecule has 0 saturated heterocycles. The maximum Gasteiger partial charge on any atom is 0.306 e. The van der Waals surface area contributed by atoms with E-state index in [0.717, 1.165) is 10.4 Å². The molecule has 0 aliphatic rings. The summed E-state index contributed by atoms with van der Waals surface area (Å²) in [4.78, 5) is 29.7. The van der Waals surface area contributed by atoms with E-state index in [-0.39, 0.29) is 23.8 Å². The fourth-order valence-electron chi connectivity index (χ4n) is 3.41. The van der Waals surface area contributed by atoms with Crippen LogP contribution >= 0.6 is 11.3 Å². The Morgan fingerprint density at radius 1 is 1.21 bits per heavy atom. The van der Waals surface area contributed by atoms with Crippen molar-refractivity contribution in [3.63, 3.8) is 0 Å². The van der Waals surface area contributed by atoms with Gasteiger partial charge in [0, 0.05) is 31.4 Å². The number of hydrogen-bond acceptors (Lipinski definition) is 7. The van der Waals surface area contributed by atoms with Gasteiger partial charge < -0.3 is 14.6 Å². The van der Waals surface area contributed by atoms with Gasteiger partial charge in [-0.2, -0.15) is 4.31 Å². The summed E-state index contributed by atoms with van der Waals surface area (Å²) in [6.45, 7) is 4.44. The molecule has 2 aromatic heterocycles. The zero-order valence-electron chi connectivity index (χ0n) is 18.9. The van der Waals surface area contributed by atoms with E-state index in [4.69, 9.17) is 4.74 Å². The number of aryl methyl sites for hydroxylation is 2. The van der Waals surface area contributed by atoms with Crippen LogP contribution in [0.25, 0.3) is 11.0 Å². The second-order valence-electron chi connectivity index (χ2n) is 7.34. The first-order valence-corrected chi connectivity index (χ1v) is 13.0. The van der Waals surface area contributed by atoms with Gasteiger partial charge in [0.05, 0.1) is 28.9 Å². The first-order chi connectivity index (χ1) is 15.8. The Morgan fingerprint density at radius 3 is 2.64 bits per heavy atom. The summed E-state index contributed by atoms with van der Waals surface area (Å²) in [5, 5.41) is 4.62. The quantitative estimate of drug-likeness (QED) is 0.412. The number of carbonyl (C=O) groups excluding carboxylic acids is 2. The van der Waals surface area contributed by atoms with Crippen LogP contribution in [0, 0.1) is 0 Å². The lowest BCUT2D eigenvalue weighted by atomic mass is 10.3. The van der Waals surface area contributed by atoms with E-state index in [0.29, 0.717) is 37.4 Å². The number of nitrogens with zero attached hydrogens (tertiary/aromatic N) is 3. The van der Waals surface area contributed by atoms with Crippen molar-refractivity contribution in [3.8, 4) is 0 Å². The normalized spacial score (nSPS) is 11.8. The molecular weight excluding hydrogens is 464 g/mol. The first-order valence-electron chi connectivity index (χ1n) is 10.7. The van der Waals surface area contributed by atoms with Gasteiger partial charge in [0.2, 0.25) is 10.0 Å². The minimum Gasteiger partial charge on any atom is -0.456 e. The maximum absolute atomic E-state index is 12.8. The molecule has 0 atom stereocenters. The zero-order valence-corrected chi connectivity index (χ0v) is 20.5. The number of amides is 1. The molecule has 0 saturated carbocycles. The van der Waals surface area contributed by atoms with Gasteiger partial charge in [-0.05, 0) is 29.6 Å². The topological polar surface area (TPSA) is 111 Å². The number of fused-ring (bicyclic) bond motifs is 1. The Balaban J connectivity index is 1.58. The van der Waals surface area contributed by atoms with E-state index in [9.17, 15) is 18.0 Å². The molecule has 1 amide bonds. The average molecular weight is 493 g/mol. The van der Waals surface area contributed by atoms with Crippen LogP contribution in [0.3, 0.4) is 0 Å². The molecular formula is C22H28N4O5S2. The maximum atomic E-state index is 12.8. The van der Waals surface area contributed by atoms with Crippen molar-refractivity contribution in [3.05, 3.63) is 46.4 Å². The summed E-state index contributed by atoms with van der Waals surface area (Å²) < 4.78 is 33.8. The van der Waals surface area contributed by atoms with Crippen LogP contribution in [-0.4, -0.2) is 53.8 Å². The monoisotopic (exact) mass is 492 g/mol. The van der Waals surface area contributed by atoms with Crippen molar-refractivity contribution >= 4 is 44.3 Å². The summed E-state index contributed by atoms with van der Waals surface area (Å²) in [7, 11) is -1.77. The molecule has 11 heteroatoms. The highest BCUT2D eigenvalue weighted by atomic mass is 32.2. The van der Waals surface area contributed by atoms with Crippen molar-refractivity contribution in [1.29, 1.82) is 0 Å². The van der Waals surface area contributed by atoms with Crippen LogP contribution in [0.4, 0.5) is 0 Å². The number of benzene rings is 1. The molecule has 1 N–H and O–H groups in total. The fourth-order valence-corrected chi connectivity index (χ4v) is 5.53. The highest BCUT2D eigenvalue weighted by Gasteiger charge is 2.23. The zero-order chi connectivity index (χ0) is 24.0. The lowest BCUT2D eigenvalue weighted by molar-refractivity contribution is -0.148. The molecule has 3 aromatic rings. The van der Waals surface area contributed by atoms with E-state index in [2.05, 4.69) is 10.3 Å². The molecule has 2 heterocycles. The summed E-state index contributed by atoms with van der Waals surface area (Å²) in [5.74, 6) is -0.235. The lowest BCUT2D eigenvalue weighted by Gasteiger charge is -2.18. The third kappa shape index (κ3) is 5.98.